The van der Waals surface area contributed by atoms with Gasteiger partial charge in [-0.25, -0.2) is 9.80 Å². The molecule has 1 heterocycles. The molecule has 0 bridgehead atoms. The van der Waals surface area contributed by atoms with Gasteiger partial charge in [-0.05, 0) is 44.9 Å². The molecule has 4 rings (SSSR count). The van der Waals surface area contributed by atoms with Gasteiger partial charge < -0.3 is 10.5 Å². The number of benzene rings is 2. The Morgan fingerprint density at radius 3 is 2.41 bits per heavy atom. The minimum atomic E-state index is -0.0742. The maximum Gasteiger partial charge on any atom is 0.345 e. The molecule has 0 aromatic heterocycles. The Bertz CT molecular complexity index is 1100. The van der Waals surface area contributed by atoms with Gasteiger partial charge in [0.15, 0.2) is 0 Å². The molecule has 1 aliphatic carbocycles. The van der Waals surface area contributed by atoms with E-state index in [2.05, 4.69) is 55.5 Å². The van der Waals surface area contributed by atoms with Gasteiger partial charge in [-0.3, -0.25) is 4.90 Å². The largest absolute Gasteiger partial charge is 0.345 e. The summed E-state index contributed by atoms with van der Waals surface area (Å²) in [5.74, 6) is 0.400. The van der Waals surface area contributed by atoms with E-state index in [-0.39, 0.29) is 6.03 Å². The van der Waals surface area contributed by atoms with Crippen LogP contribution in [0.5, 0.6) is 0 Å². The number of amides is 2. The van der Waals surface area contributed by atoms with E-state index in [0.717, 1.165) is 41.7 Å². The normalized spacial score (nSPS) is 16.6. The number of carbonyl (C=O) groups is 2. The van der Waals surface area contributed by atoms with Gasteiger partial charge in [0.25, 0.3) is 0 Å². The van der Waals surface area contributed by atoms with Crippen LogP contribution in [-0.4, -0.2) is 36.1 Å². The summed E-state index contributed by atoms with van der Waals surface area (Å²) in [5, 5.41) is 6.73. The number of hydrogen-bond acceptors (Lipinski definition) is 4. The monoisotopic (exact) mass is 500 g/mol. The van der Waals surface area contributed by atoms with Gasteiger partial charge in [-0.15, -0.1) is 0 Å². The molecule has 37 heavy (non-hydrogen) atoms. The fourth-order valence-corrected chi connectivity index (χ4v) is 4.62. The lowest BCUT2D eigenvalue weighted by Crippen LogP contribution is -2.40. The predicted molar refractivity (Wildman–Crippen MR) is 153 cm³/mol. The van der Waals surface area contributed by atoms with Gasteiger partial charge >= 0.3 is 6.03 Å². The van der Waals surface area contributed by atoms with Crippen molar-refractivity contribution in [2.24, 2.45) is 16.8 Å². The molecule has 2 amide bonds. The zero-order valence-corrected chi connectivity index (χ0v) is 22.2. The molecule has 2 aliphatic rings. The third kappa shape index (κ3) is 7.99. The molecule has 0 saturated heterocycles. The minimum absolute atomic E-state index is 0.0742. The Labute approximate surface area is 221 Å². The lowest BCUT2D eigenvalue weighted by molar-refractivity contribution is -0.107. The van der Waals surface area contributed by atoms with Crippen molar-refractivity contribution in [3.63, 3.8) is 0 Å². The first kappa shape index (κ1) is 28.1. The highest BCUT2D eigenvalue weighted by atomic mass is 16.2. The molecular weight excluding hydrogens is 460 g/mol. The standard InChI is InChI=1S/C28H33N3O.C3H7NO/c1-3-22(2)13-12-20-30-26-19-11-10-18-25(26)27(24-16-8-5-9-17-24)29-31(28(30)32)21-23-14-6-4-7-15-23;4-2-1-3-5/h3-4,6-7,10-15,18-19,24H,5,8-9,16-17,20-21H2,1-2H3;3H,1-2,4H2/b13-12-,22-3-;. The smallest absolute Gasteiger partial charge is 0.330 e. The summed E-state index contributed by atoms with van der Waals surface area (Å²) in [6, 6.07) is 18.3. The lowest BCUT2D eigenvalue weighted by Gasteiger charge is -2.25. The van der Waals surface area contributed by atoms with Crippen molar-refractivity contribution in [2.75, 3.05) is 18.0 Å². The van der Waals surface area contributed by atoms with Crippen LogP contribution in [-0.2, 0) is 11.3 Å². The van der Waals surface area contributed by atoms with Crippen LogP contribution in [0.25, 0.3) is 0 Å². The molecule has 1 saturated carbocycles. The Morgan fingerprint density at radius 1 is 1.05 bits per heavy atom. The van der Waals surface area contributed by atoms with E-state index >= 15 is 0 Å². The third-order valence-corrected chi connectivity index (χ3v) is 6.73. The van der Waals surface area contributed by atoms with Crippen molar-refractivity contribution in [1.29, 1.82) is 0 Å². The first-order chi connectivity index (χ1) is 18.1. The quantitative estimate of drug-likeness (QED) is 0.333. The summed E-state index contributed by atoms with van der Waals surface area (Å²) >= 11 is 0. The zero-order chi connectivity index (χ0) is 26.5. The number of nitrogens with zero attached hydrogens (tertiary/aromatic N) is 3. The number of carbonyl (C=O) groups excluding carboxylic acids is 2. The zero-order valence-electron chi connectivity index (χ0n) is 22.2. The molecule has 2 aromatic rings. The van der Waals surface area contributed by atoms with Crippen molar-refractivity contribution in [3.05, 3.63) is 89.5 Å². The summed E-state index contributed by atoms with van der Waals surface area (Å²) in [7, 11) is 0. The molecule has 6 heteroatoms. The highest BCUT2D eigenvalue weighted by molar-refractivity contribution is 6.11. The fraction of sp³-hybridized carbons (Fsp3) is 0.387. The van der Waals surface area contributed by atoms with Crippen LogP contribution in [0.4, 0.5) is 10.5 Å². The number of rotatable bonds is 8. The van der Waals surface area contributed by atoms with E-state index < -0.39 is 0 Å². The number of allylic oxidation sites excluding steroid dienone is 3. The molecule has 2 aromatic carbocycles. The van der Waals surface area contributed by atoms with E-state index in [1.165, 1.54) is 24.8 Å². The van der Waals surface area contributed by atoms with E-state index in [9.17, 15) is 9.59 Å². The average Bonchev–Trinajstić information content (AvgIpc) is 3.05. The molecule has 196 valence electrons. The van der Waals surface area contributed by atoms with E-state index in [1.54, 1.807) is 5.01 Å². The summed E-state index contributed by atoms with van der Waals surface area (Å²) < 4.78 is 0. The predicted octanol–water partition coefficient (Wildman–Crippen LogP) is 6.47. The van der Waals surface area contributed by atoms with Gasteiger partial charge in [0.05, 0.1) is 17.9 Å². The molecule has 0 radical (unpaired) electrons. The molecule has 0 atom stereocenters. The van der Waals surface area contributed by atoms with Gasteiger partial charge in [0, 0.05) is 24.4 Å². The SMILES string of the molecule is C/C=C(C)\C=C/CN1C(=O)N(Cc2ccccc2)N=C(C2CCCCC2)c2ccccc21.NCCC=O. The van der Waals surface area contributed by atoms with Crippen LogP contribution >= 0.6 is 0 Å². The van der Waals surface area contributed by atoms with Crippen LogP contribution in [0.3, 0.4) is 0 Å². The highest BCUT2D eigenvalue weighted by Crippen LogP contribution is 2.34. The van der Waals surface area contributed by atoms with Crippen molar-refractivity contribution in [3.8, 4) is 0 Å². The average molecular weight is 501 g/mol. The Kier molecular flexibility index (Phi) is 11.3. The molecule has 1 fully saturated rings. The number of hydrogen-bond donors (Lipinski definition) is 1. The molecule has 2 N–H and O–H groups in total. The van der Waals surface area contributed by atoms with Crippen LogP contribution in [0.1, 0.15) is 63.5 Å². The number of hydrazone groups is 1. The molecule has 0 unspecified atom stereocenters. The van der Waals surface area contributed by atoms with Crippen LogP contribution in [0.15, 0.2) is 83.5 Å². The van der Waals surface area contributed by atoms with Crippen LogP contribution in [0.2, 0.25) is 0 Å². The maximum atomic E-state index is 13.8. The molecule has 0 spiro atoms. The minimum Gasteiger partial charge on any atom is -0.330 e. The second kappa shape index (κ2) is 14.9. The molecule has 1 aliphatic heterocycles. The summed E-state index contributed by atoms with van der Waals surface area (Å²) in [6.07, 6.45) is 13.5. The second-order valence-electron chi connectivity index (χ2n) is 9.45. The van der Waals surface area contributed by atoms with E-state index in [4.69, 9.17) is 10.8 Å². The van der Waals surface area contributed by atoms with Gasteiger partial charge in [-0.2, -0.15) is 5.10 Å². The first-order valence-electron chi connectivity index (χ1n) is 13.3. The third-order valence-electron chi connectivity index (χ3n) is 6.73. The summed E-state index contributed by atoms with van der Waals surface area (Å²) in [5.41, 5.74) is 10.3. The number of nitrogens with two attached hydrogens (primary N) is 1. The molecule has 6 nitrogen and oxygen atoms in total. The van der Waals surface area contributed by atoms with Crippen molar-refractivity contribution >= 4 is 23.7 Å². The summed E-state index contributed by atoms with van der Waals surface area (Å²) in [4.78, 5) is 25.0. The highest BCUT2D eigenvalue weighted by Gasteiger charge is 2.32. The van der Waals surface area contributed by atoms with E-state index in [0.29, 0.717) is 32.0 Å². The number of urea groups is 1. The topological polar surface area (TPSA) is 79.0 Å². The molecular formula is C31H40N4O2. The van der Waals surface area contributed by atoms with Crippen molar-refractivity contribution < 1.29 is 9.59 Å². The van der Waals surface area contributed by atoms with Crippen molar-refractivity contribution in [2.45, 2.75) is 58.9 Å². The van der Waals surface area contributed by atoms with Crippen LogP contribution in [0, 0.1) is 5.92 Å². The van der Waals surface area contributed by atoms with Crippen LogP contribution < -0.4 is 10.6 Å². The first-order valence-corrected chi connectivity index (χ1v) is 13.3. The Hall–Kier alpha value is -3.51. The van der Waals surface area contributed by atoms with E-state index in [1.807, 2.05) is 36.1 Å². The second-order valence-corrected chi connectivity index (χ2v) is 9.45. The number of aldehydes is 1. The number of fused-ring (bicyclic) bond motifs is 1. The fourth-order valence-electron chi connectivity index (χ4n) is 4.62. The Morgan fingerprint density at radius 2 is 1.76 bits per heavy atom. The summed E-state index contributed by atoms with van der Waals surface area (Å²) in [6.45, 7) is 5.56. The number of anilines is 1. The van der Waals surface area contributed by atoms with Gasteiger partial charge in [0.2, 0.25) is 0 Å². The van der Waals surface area contributed by atoms with Gasteiger partial charge in [0.1, 0.15) is 6.29 Å². The maximum absolute atomic E-state index is 13.8. The van der Waals surface area contributed by atoms with Gasteiger partial charge in [-0.1, -0.05) is 91.6 Å². The van der Waals surface area contributed by atoms with Crippen molar-refractivity contribution in [1.82, 2.24) is 5.01 Å². The number of para-hydroxylation sites is 1. The lowest BCUT2D eigenvalue weighted by atomic mass is 9.83. The Balaban J connectivity index is 0.000000695.